The third-order valence-corrected chi connectivity index (χ3v) is 4.41. The minimum Gasteiger partial charge on any atom is -0.367 e. The fourth-order valence-corrected chi connectivity index (χ4v) is 3.26. The summed E-state index contributed by atoms with van der Waals surface area (Å²) in [5, 5.41) is 12.7. The van der Waals surface area contributed by atoms with Crippen LogP contribution in [0.15, 0.2) is 36.8 Å². The molecule has 0 N–H and O–H groups in total. The maximum atomic E-state index is 4.44. The monoisotopic (exact) mass is 323 g/mol. The summed E-state index contributed by atoms with van der Waals surface area (Å²) in [5.41, 5.74) is 4.07. The molecule has 24 heavy (non-hydrogen) atoms. The number of pyridine rings is 1. The van der Waals surface area contributed by atoms with E-state index in [0.717, 1.165) is 61.9 Å². The molecule has 7 nitrogen and oxygen atoms in total. The summed E-state index contributed by atoms with van der Waals surface area (Å²) < 4.78 is 1.77. The van der Waals surface area contributed by atoms with Crippen molar-refractivity contribution in [1.82, 2.24) is 29.7 Å². The Morgan fingerprint density at radius 3 is 2.96 bits per heavy atom. The van der Waals surface area contributed by atoms with E-state index in [9.17, 15) is 0 Å². The summed E-state index contributed by atoms with van der Waals surface area (Å²) in [7, 11) is 0. The average molecular weight is 323 g/mol. The second-order valence-electron chi connectivity index (χ2n) is 6.21. The van der Waals surface area contributed by atoms with E-state index in [1.54, 1.807) is 10.8 Å². The first-order valence-electron chi connectivity index (χ1n) is 8.34. The van der Waals surface area contributed by atoms with Gasteiger partial charge in [-0.25, -0.2) is 0 Å². The average Bonchev–Trinajstić information content (AvgIpc) is 2.94. The SMILES string of the molecule is Cc1cc(N2CCCN(Cc3ccccn3)CC2)c2nncn2n1. The molecule has 0 saturated carbocycles. The normalized spacial score (nSPS) is 16.5. The minimum atomic E-state index is 0.832. The minimum absolute atomic E-state index is 0.832. The highest BCUT2D eigenvalue weighted by Gasteiger charge is 2.19. The topological polar surface area (TPSA) is 62.5 Å². The molecule has 0 radical (unpaired) electrons. The molecule has 1 aliphatic rings. The number of anilines is 1. The quantitative estimate of drug-likeness (QED) is 0.728. The Balaban J connectivity index is 1.51. The van der Waals surface area contributed by atoms with Gasteiger partial charge in [-0.2, -0.15) is 9.61 Å². The van der Waals surface area contributed by atoms with Gasteiger partial charge in [0.2, 0.25) is 5.65 Å². The Labute approximate surface area is 140 Å². The van der Waals surface area contributed by atoms with Crippen LogP contribution in [-0.4, -0.2) is 55.9 Å². The van der Waals surface area contributed by atoms with E-state index in [1.807, 2.05) is 25.3 Å². The summed E-state index contributed by atoms with van der Waals surface area (Å²) in [6.07, 6.45) is 4.65. The Kier molecular flexibility index (Phi) is 4.08. The molecule has 0 bridgehead atoms. The predicted molar refractivity (Wildman–Crippen MR) is 91.9 cm³/mol. The van der Waals surface area contributed by atoms with Gasteiger partial charge in [0.15, 0.2) is 0 Å². The lowest BCUT2D eigenvalue weighted by molar-refractivity contribution is 0.282. The van der Waals surface area contributed by atoms with Crippen molar-refractivity contribution < 1.29 is 0 Å². The Morgan fingerprint density at radius 2 is 2.08 bits per heavy atom. The molecule has 4 rings (SSSR count). The molecule has 3 aromatic heterocycles. The molecule has 0 amide bonds. The molecule has 1 aliphatic heterocycles. The summed E-state index contributed by atoms with van der Waals surface area (Å²) in [6, 6.07) is 8.21. The van der Waals surface area contributed by atoms with Crippen LogP contribution in [0.5, 0.6) is 0 Å². The van der Waals surface area contributed by atoms with Crippen LogP contribution in [0.2, 0.25) is 0 Å². The van der Waals surface area contributed by atoms with Crippen LogP contribution in [-0.2, 0) is 6.54 Å². The zero-order chi connectivity index (χ0) is 16.4. The number of aryl methyl sites for hydroxylation is 1. The Hall–Kier alpha value is -2.54. The van der Waals surface area contributed by atoms with Gasteiger partial charge in [-0.1, -0.05) is 6.07 Å². The Morgan fingerprint density at radius 1 is 1.12 bits per heavy atom. The van der Waals surface area contributed by atoms with Gasteiger partial charge in [-0.15, -0.1) is 10.2 Å². The predicted octanol–water partition coefficient (Wildman–Crippen LogP) is 1.54. The fourth-order valence-electron chi connectivity index (χ4n) is 3.26. The third-order valence-electron chi connectivity index (χ3n) is 4.41. The highest BCUT2D eigenvalue weighted by Crippen LogP contribution is 2.22. The lowest BCUT2D eigenvalue weighted by atomic mass is 10.3. The summed E-state index contributed by atoms with van der Waals surface area (Å²) in [6.45, 7) is 7.00. The van der Waals surface area contributed by atoms with Gasteiger partial charge in [0.05, 0.1) is 17.1 Å². The standard InChI is InChI=1S/C17H21N7/c1-14-11-16(17-20-19-13-24(17)21-14)23-8-4-7-22(9-10-23)12-15-5-2-3-6-18-15/h2-3,5-6,11,13H,4,7-10,12H2,1H3. The van der Waals surface area contributed by atoms with Crippen molar-refractivity contribution in [2.45, 2.75) is 19.9 Å². The van der Waals surface area contributed by atoms with E-state index in [0.29, 0.717) is 0 Å². The van der Waals surface area contributed by atoms with Crippen LogP contribution in [0.1, 0.15) is 17.8 Å². The first kappa shape index (κ1) is 15.0. The molecular formula is C17H21N7. The molecular weight excluding hydrogens is 302 g/mol. The molecule has 1 saturated heterocycles. The van der Waals surface area contributed by atoms with E-state index < -0.39 is 0 Å². The van der Waals surface area contributed by atoms with Crippen LogP contribution in [0.4, 0.5) is 5.69 Å². The van der Waals surface area contributed by atoms with E-state index >= 15 is 0 Å². The molecule has 4 heterocycles. The van der Waals surface area contributed by atoms with Crippen molar-refractivity contribution in [3.05, 3.63) is 48.2 Å². The number of hydrogen-bond acceptors (Lipinski definition) is 6. The number of nitrogens with zero attached hydrogens (tertiary/aromatic N) is 7. The molecule has 1 fully saturated rings. The van der Waals surface area contributed by atoms with Crippen molar-refractivity contribution in [3.8, 4) is 0 Å². The van der Waals surface area contributed by atoms with Crippen molar-refractivity contribution in [3.63, 3.8) is 0 Å². The molecule has 0 spiro atoms. The van der Waals surface area contributed by atoms with Gasteiger partial charge in [0.1, 0.15) is 6.33 Å². The highest BCUT2D eigenvalue weighted by atomic mass is 15.4. The molecule has 0 aromatic carbocycles. The lowest BCUT2D eigenvalue weighted by Crippen LogP contribution is -2.31. The second kappa shape index (κ2) is 6.52. The molecule has 124 valence electrons. The van der Waals surface area contributed by atoms with E-state index in [2.05, 4.69) is 42.2 Å². The van der Waals surface area contributed by atoms with Crippen LogP contribution in [0.25, 0.3) is 5.65 Å². The van der Waals surface area contributed by atoms with Crippen molar-refractivity contribution >= 4 is 11.3 Å². The van der Waals surface area contributed by atoms with Gasteiger partial charge >= 0.3 is 0 Å². The van der Waals surface area contributed by atoms with E-state index in [1.165, 1.54) is 0 Å². The number of hydrogen-bond donors (Lipinski definition) is 0. The van der Waals surface area contributed by atoms with Gasteiger partial charge in [-0.05, 0) is 31.5 Å². The maximum absolute atomic E-state index is 4.44. The molecule has 0 aliphatic carbocycles. The molecule has 0 unspecified atom stereocenters. The second-order valence-corrected chi connectivity index (χ2v) is 6.21. The van der Waals surface area contributed by atoms with E-state index in [-0.39, 0.29) is 0 Å². The van der Waals surface area contributed by atoms with Crippen LogP contribution in [0, 0.1) is 6.92 Å². The number of rotatable bonds is 3. The number of aromatic nitrogens is 5. The smallest absolute Gasteiger partial charge is 0.200 e. The first-order valence-corrected chi connectivity index (χ1v) is 8.34. The van der Waals surface area contributed by atoms with Crippen molar-refractivity contribution in [1.29, 1.82) is 0 Å². The highest BCUT2D eigenvalue weighted by molar-refractivity contribution is 5.68. The van der Waals surface area contributed by atoms with Crippen molar-refractivity contribution in [2.24, 2.45) is 0 Å². The number of fused-ring (bicyclic) bond motifs is 1. The van der Waals surface area contributed by atoms with Crippen LogP contribution in [0.3, 0.4) is 0 Å². The van der Waals surface area contributed by atoms with Gasteiger partial charge in [0, 0.05) is 38.9 Å². The summed E-state index contributed by atoms with van der Waals surface area (Å²) in [5.74, 6) is 0. The van der Waals surface area contributed by atoms with Crippen LogP contribution < -0.4 is 4.90 Å². The fraction of sp³-hybridized carbons (Fsp3) is 0.412. The molecule has 7 heteroatoms. The maximum Gasteiger partial charge on any atom is 0.200 e. The molecule has 0 atom stereocenters. The third kappa shape index (κ3) is 3.07. The van der Waals surface area contributed by atoms with Crippen LogP contribution >= 0.6 is 0 Å². The van der Waals surface area contributed by atoms with E-state index in [4.69, 9.17) is 0 Å². The van der Waals surface area contributed by atoms with Gasteiger partial charge in [-0.3, -0.25) is 9.88 Å². The largest absolute Gasteiger partial charge is 0.367 e. The zero-order valence-corrected chi connectivity index (χ0v) is 13.8. The summed E-state index contributed by atoms with van der Waals surface area (Å²) in [4.78, 5) is 9.31. The van der Waals surface area contributed by atoms with Gasteiger partial charge < -0.3 is 4.90 Å². The van der Waals surface area contributed by atoms with Gasteiger partial charge in [0.25, 0.3) is 0 Å². The Bertz CT molecular complexity index is 814. The lowest BCUT2D eigenvalue weighted by Gasteiger charge is -2.23. The summed E-state index contributed by atoms with van der Waals surface area (Å²) >= 11 is 0. The molecule has 3 aromatic rings. The zero-order valence-electron chi connectivity index (χ0n) is 13.8. The first-order chi connectivity index (χ1) is 11.8. The van der Waals surface area contributed by atoms with Crippen molar-refractivity contribution in [2.75, 3.05) is 31.1 Å².